The minimum atomic E-state index is 0.494. The van der Waals surface area contributed by atoms with Crippen molar-refractivity contribution < 1.29 is 0 Å². The van der Waals surface area contributed by atoms with Crippen molar-refractivity contribution in [2.45, 2.75) is 44.7 Å². The van der Waals surface area contributed by atoms with Gasteiger partial charge in [-0.3, -0.25) is 4.90 Å². The highest BCUT2D eigenvalue weighted by Gasteiger charge is 2.30. The van der Waals surface area contributed by atoms with Gasteiger partial charge in [-0.15, -0.1) is 11.3 Å². The van der Waals surface area contributed by atoms with E-state index in [0.717, 1.165) is 12.0 Å². The summed E-state index contributed by atoms with van der Waals surface area (Å²) in [7, 11) is 0. The zero-order valence-corrected chi connectivity index (χ0v) is 12.0. The van der Waals surface area contributed by atoms with E-state index < -0.39 is 0 Å². The van der Waals surface area contributed by atoms with Gasteiger partial charge in [-0.1, -0.05) is 0 Å². The number of thiazole rings is 1. The molecule has 100 valence electrons. The lowest BCUT2D eigenvalue weighted by molar-refractivity contribution is 0.125. The normalized spacial score (nSPS) is 28.6. The SMILES string of the molecule is CC(c1cscn1)N1CCC(C2CCCN2)CC1. The lowest BCUT2D eigenvalue weighted by Gasteiger charge is -2.37. The third-order valence-corrected chi connectivity index (χ3v) is 5.27. The Morgan fingerprint density at radius 2 is 2.22 bits per heavy atom. The molecule has 2 aliphatic heterocycles. The van der Waals surface area contributed by atoms with Crippen LogP contribution < -0.4 is 5.32 Å². The Morgan fingerprint density at radius 3 is 2.83 bits per heavy atom. The molecule has 2 aliphatic rings. The van der Waals surface area contributed by atoms with E-state index in [4.69, 9.17) is 0 Å². The van der Waals surface area contributed by atoms with Gasteiger partial charge in [-0.25, -0.2) is 4.98 Å². The Labute approximate surface area is 114 Å². The first-order valence-electron chi connectivity index (χ1n) is 7.20. The van der Waals surface area contributed by atoms with Gasteiger partial charge in [0.1, 0.15) is 0 Å². The summed E-state index contributed by atoms with van der Waals surface area (Å²) in [6.45, 7) is 6.01. The van der Waals surface area contributed by atoms with Gasteiger partial charge in [0, 0.05) is 11.4 Å². The van der Waals surface area contributed by atoms with Crippen molar-refractivity contribution in [3.63, 3.8) is 0 Å². The van der Waals surface area contributed by atoms with Crippen molar-refractivity contribution in [3.05, 3.63) is 16.6 Å². The number of hydrogen-bond donors (Lipinski definition) is 1. The largest absolute Gasteiger partial charge is 0.314 e. The summed E-state index contributed by atoms with van der Waals surface area (Å²) in [6, 6.07) is 1.30. The van der Waals surface area contributed by atoms with Crippen LogP contribution in [-0.4, -0.2) is 35.6 Å². The fourth-order valence-electron chi connectivity index (χ4n) is 3.44. The number of nitrogens with zero attached hydrogens (tertiary/aromatic N) is 2. The van der Waals surface area contributed by atoms with Gasteiger partial charge >= 0.3 is 0 Å². The Morgan fingerprint density at radius 1 is 1.39 bits per heavy atom. The summed E-state index contributed by atoms with van der Waals surface area (Å²) < 4.78 is 0. The molecule has 4 heteroatoms. The average molecular weight is 265 g/mol. The number of aromatic nitrogens is 1. The first-order valence-corrected chi connectivity index (χ1v) is 8.14. The predicted octanol–water partition coefficient (Wildman–Crippen LogP) is 2.67. The van der Waals surface area contributed by atoms with E-state index in [1.807, 2.05) is 5.51 Å². The number of likely N-dealkylation sites (tertiary alicyclic amines) is 1. The van der Waals surface area contributed by atoms with Crippen molar-refractivity contribution in [1.82, 2.24) is 15.2 Å². The first-order chi connectivity index (χ1) is 8.84. The van der Waals surface area contributed by atoms with Crippen LogP contribution in [0.4, 0.5) is 0 Å². The smallest absolute Gasteiger partial charge is 0.0795 e. The zero-order valence-electron chi connectivity index (χ0n) is 11.1. The summed E-state index contributed by atoms with van der Waals surface area (Å²) >= 11 is 1.71. The second kappa shape index (κ2) is 5.68. The van der Waals surface area contributed by atoms with Gasteiger partial charge in [0.2, 0.25) is 0 Å². The molecule has 18 heavy (non-hydrogen) atoms. The molecule has 1 N–H and O–H groups in total. The average Bonchev–Trinajstić information content (AvgIpc) is 3.11. The molecule has 1 aromatic rings. The Hall–Kier alpha value is -0.450. The summed E-state index contributed by atoms with van der Waals surface area (Å²) in [5.74, 6) is 0.909. The molecular weight excluding hydrogens is 242 g/mol. The molecule has 3 heterocycles. The lowest BCUT2D eigenvalue weighted by atomic mass is 9.88. The van der Waals surface area contributed by atoms with E-state index in [-0.39, 0.29) is 0 Å². The molecule has 0 spiro atoms. The molecule has 0 saturated carbocycles. The number of hydrogen-bond acceptors (Lipinski definition) is 4. The molecule has 0 aromatic carbocycles. The molecule has 2 saturated heterocycles. The standard InChI is InChI=1S/C14H23N3S/c1-11(14-9-18-10-16-14)17-7-4-12(5-8-17)13-3-2-6-15-13/h9-13,15H,2-8H2,1H3. The summed E-state index contributed by atoms with van der Waals surface area (Å²) in [5, 5.41) is 5.86. The maximum atomic E-state index is 4.45. The van der Waals surface area contributed by atoms with Crippen molar-refractivity contribution in [3.8, 4) is 0 Å². The van der Waals surface area contributed by atoms with Crippen LogP contribution in [0.15, 0.2) is 10.9 Å². The maximum Gasteiger partial charge on any atom is 0.0795 e. The molecule has 0 radical (unpaired) electrons. The predicted molar refractivity (Wildman–Crippen MR) is 75.9 cm³/mol. The van der Waals surface area contributed by atoms with Crippen LogP contribution in [0.1, 0.15) is 44.3 Å². The van der Waals surface area contributed by atoms with Crippen molar-refractivity contribution >= 4 is 11.3 Å². The van der Waals surface area contributed by atoms with Crippen molar-refractivity contribution in [2.75, 3.05) is 19.6 Å². The molecule has 2 atom stereocenters. The van der Waals surface area contributed by atoms with Crippen LogP contribution in [0.3, 0.4) is 0 Å². The molecule has 0 amide bonds. The highest BCUT2D eigenvalue weighted by molar-refractivity contribution is 7.07. The van der Waals surface area contributed by atoms with E-state index in [1.54, 1.807) is 11.3 Å². The number of nitrogens with one attached hydrogen (secondary N) is 1. The second-order valence-electron chi connectivity index (χ2n) is 5.67. The quantitative estimate of drug-likeness (QED) is 0.911. The molecular formula is C14H23N3S. The van der Waals surface area contributed by atoms with Gasteiger partial charge in [-0.2, -0.15) is 0 Å². The Kier molecular flexibility index (Phi) is 3.97. The minimum absolute atomic E-state index is 0.494. The van der Waals surface area contributed by atoms with Gasteiger partial charge in [0.25, 0.3) is 0 Å². The van der Waals surface area contributed by atoms with Gasteiger partial charge < -0.3 is 5.32 Å². The van der Waals surface area contributed by atoms with Crippen molar-refractivity contribution in [2.24, 2.45) is 5.92 Å². The van der Waals surface area contributed by atoms with Crippen LogP contribution in [0.2, 0.25) is 0 Å². The van der Waals surface area contributed by atoms with Crippen LogP contribution >= 0.6 is 11.3 Å². The van der Waals surface area contributed by atoms with E-state index in [0.29, 0.717) is 6.04 Å². The summed E-state index contributed by atoms with van der Waals surface area (Å²) in [5.41, 5.74) is 3.19. The third-order valence-electron chi connectivity index (χ3n) is 4.67. The van der Waals surface area contributed by atoms with Crippen molar-refractivity contribution in [1.29, 1.82) is 0 Å². The molecule has 2 unspecified atom stereocenters. The van der Waals surface area contributed by atoms with Crippen LogP contribution in [0.5, 0.6) is 0 Å². The zero-order chi connectivity index (χ0) is 12.4. The molecule has 3 nitrogen and oxygen atoms in total. The van der Waals surface area contributed by atoms with Gasteiger partial charge in [0.15, 0.2) is 0 Å². The van der Waals surface area contributed by atoms with Gasteiger partial charge in [-0.05, 0) is 58.2 Å². The van der Waals surface area contributed by atoms with E-state index in [2.05, 4.69) is 27.5 Å². The molecule has 1 aromatic heterocycles. The van der Waals surface area contributed by atoms with E-state index >= 15 is 0 Å². The lowest BCUT2D eigenvalue weighted by Crippen LogP contribution is -2.41. The molecule has 0 bridgehead atoms. The topological polar surface area (TPSA) is 28.2 Å². The van der Waals surface area contributed by atoms with Crippen LogP contribution in [0, 0.1) is 5.92 Å². The highest BCUT2D eigenvalue weighted by Crippen LogP contribution is 2.30. The monoisotopic (exact) mass is 265 g/mol. The third kappa shape index (κ3) is 2.60. The molecule has 2 fully saturated rings. The van der Waals surface area contributed by atoms with Crippen LogP contribution in [-0.2, 0) is 0 Å². The molecule has 3 rings (SSSR count). The Balaban J connectivity index is 1.53. The first kappa shape index (κ1) is 12.6. The minimum Gasteiger partial charge on any atom is -0.314 e. The number of rotatable bonds is 3. The Bertz CT molecular complexity index is 351. The fraction of sp³-hybridized carbons (Fsp3) is 0.786. The second-order valence-corrected chi connectivity index (χ2v) is 6.38. The van der Waals surface area contributed by atoms with Gasteiger partial charge in [0.05, 0.1) is 17.2 Å². The number of piperidine rings is 1. The summed E-state index contributed by atoms with van der Waals surface area (Å²) in [6.07, 6.45) is 5.48. The van der Waals surface area contributed by atoms with Crippen LogP contribution in [0.25, 0.3) is 0 Å². The summed E-state index contributed by atoms with van der Waals surface area (Å²) in [4.78, 5) is 7.05. The molecule has 0 aliphatic carbocycles. The highest BCUT2D eigenvalue weighted by atomic mass is 32.1. The van der Waals surface area contributed by atoms with E-state index in [1.165, 1.54) is 51.0 Å². The fourth-order valence-corrected chi connectivity index (χ4v) is 4.08. The maximum absolute atomic E-state index is 4.45. The van der Waals surface area contributed by atoms with E-state index in [9.17, 15) is 0 Å².